The molecule has 0 aliphatic carbocycles. The molecule has 5 heteroatoms. The Morgan fingerprint density at radius 3 is 2.72 bits per heavy atom. The van der Waals surface area contributed by atoms with Crippen molar-refractivity contribution in [3.05, 3.63) is 22.2 Å². The molecule has 0 aliphatic rings. The molecule has 0 saturated carbocycles. The average Bonchev–Trinajstić information content (AvgIpc) is 2.32. The zero-order chi connectivity index (χ0) is 13.5. The Bertz CT molecular complexity index is 404. The molecule has 0 aliphatic heterocycles. The summed E-state index contributed by atoms with van der Waals surface area (Å²) in [5, 5.41) is 9.19. The van der Waals surface area contributed by atoms with Crippen molar-refractivity contribution in [2.24, 2.45) is 0 Å². The number of hydrogen-bond donors (Lipinski definition) is 1. The van der Waals surface area contributed by atoms with Crippen LogP contribution in [0.3, 0.4) is 0 Å². The van der Waals surface area contributed by atoms with Crippen LogP contribution >= 0.6 is 15.9 Å². The van der Waals surface area contributed by atoms with Crippen LogP contribution in [-0.2, 0) is 0 Å². The van der Waals surface area contributed by atoms with E-state index in [2.05, 4.69) is 15.9 Å². The zero-order valence-corrected chi connectivity index (χ0v) is 12.1. The molecule has 100 valence electrons. The van der Waals surface area contributed by atoms with Crippen LogP contribution < -0.4 is 9.47 Å². The molecule has 0 amide bonds. The fraction of sp³-hybridized carbons (Fsp3) is 0.462. The van der Waals surface area contributed by atoms with Gasteiger partial charge in [0.15, 0.2) is 11.5 Å². The summed E-state index contributed by atoms with van der Waals surface area (Å²) in [6, 6.07) is 3.31. The van der Waals surface area contributed by atoms with Crippen molar-refractivity contribution in [2.75, 3.05) is 13.2 Å². The first-order valence-electron chi connectivity index (χ1n) is 5.80. The molecule has 18 heavy (non-hydrogen) atoms. The number of aliphatic hydroxyl groups excluding tert-OH is 1. The van der Waals surface area contributed by atoms with E-state index < -0.39 is 6.10 Å². The first kappa shape index (κ1) is 15.0. The van der Waals surface area contributed by atoms with Crippen molar-refractivity contribution in [1.29, 1.82) is 0 Å². The summed E-state index contributed by atoms with van der Waals surface area (Å²) in [5.41, 5.74) is 0.521. The molecule has 1 unspecified atom stereocenters. The van der Waals surface area contributed by atoms with Crippen LogP contribution in [-0.4, -0.2) is 30.7 Å². The maximum Gasteiger partial charge on any atom is 0.175 e. The standard InChI is InChI=1S/C13H17BrO4/c1-3-17-12-7-10(8-15)6-11(14)13(12)18-5-4-9(2)16/h6-9,16H,3-5H2,1-2H3. The molecule has 1 rings (SSSR count). The summed E-state index contributed by atoms with van der Waals surface area (Å²) < 4.78 is 11.7. The number of aldehydes is 1. The summed E-state index contributed by atoms with van der Waals surface area (Å²) in [4.78, 5) is 10.8. The third-order valence-electron chi connectivity index (χ3n) is 2.25. The van der Waals surface area contributed by atoms with Crippen LogP contribution in [0.2, 0.25) is 0 Å². The van der Waals surface area contributed by atoms with E-state index in [4.69, 9.17) is 9.47 Å². The quantitative estimate of drug-likeness (QED) is 0.786. The van der Waals surface area contributed by atoms with E-state index in [0.29, 0.717) is 41.2 Å². The number of hydrogen-bond acceptors (Lipinski definition) is 4. The second-order valence-corrected chi connectivity index (χ2v) is 4.72. The molecule has 0 saturated heterocycles. The lowest BCUT2D eigenvalue weighted by Gasteiger charge is -2.14. The van der Waals surface area contributed by atoms with Gasteiger partial charge in [-0.3, -0.25) is 4.79 Å². The highest BCUT2D eigenvalue weighted by Crippen LogP contribution is 2.36. The Morgan fingerprint density at radius 2 is 2.17 bits per heavy atom. The SMILES string of the molecule is CCOc1cc(C=O)cc(Br)c1OCCC(C)O. The van der Waals surface area contributed by atoms with Gasteiger partial charge < -0.3 is 14.6 Å². The zero-order valence-electron chi connectivity index (χ0n) is 10.5. The van der Waals surface area contributed by atoms with Gasteiger partial charge in [0.1, 0.15) is 6.29 Å². The third-order valence-corrected chi connectivity index (χ3v) is 2.84. The predicted octanol–water partition coefficient (Wildman–Crippen LogP) is 2.81. The molecule has 0 aromatic heterocycles. The van der Waals surface area contributed by atoms with E-state index in [1.165, 1.54) is 0 Å². The Balaban J connectivity index is 2.89. The molecule has 1 atom stereocenters. The highest BCUT2D eigenvalue weighted by molar-refractivity contribution is 9.10. The Morgan fingerprint density at radius 1 is 1.44 bits per heavy atom. The van der Waals surface area contributed by atoms with Crippen molar-refractivity contribution in [3.63, 3.8) is 0 Å². The monoisotopic (exact) mass is 316 g/mol. The Labute approximate surface area is 115 Å². The molecule has 1 N–H and O–H groups in total. The second-order valence-electron chi connectivity index (χ2n) is 3.87. The normalized spacial score (nSPS) is 12.0. The lowest BCUT2D eigenvalue weighted by atomic mass is 10.2. The van der Waals surface area contributed by atoms with Crippen LogP contribution in [0.5, 0.6) is 11.5 Å². The molecule has 0 radical (unpaired) electrons. The number of carbonyl (C=O) groups excluding carboxylic acids is 1. The van der Waals surface area contributed by atoms with Crippen LogP contribution in [0.25, 0.3) is 0 Å². The van der Waals surface area contributed by atoms with Crippen LogP contribution in [0.4, 0.5) is 0 Å². The average molecular weight is 317 g/mol. The lowest BCUT2D eigenvalue weighted by Crippen LogP contribution is -2.09. The molecule has 1 aromatic carbocycles. The Kier molecular flexibility index (Phi) is 6.15. The smallest absolute Gasteiger partial charge is 0.175 e. The largest absolute Gasteiger partial charge is 0.490 e. The van der Waals surface area contributed by atoms with Gasteiger partial charge in [0.25, 0.3) is 0 Å². The number of halogens is 1. The molecular weight excluding hydrogens is 300 g/mol. The van der Waals surface area contributed by atoms with Gasteiger partial charge in [0.05, 0.1) is 23.8 Å². The van der Waals surface area contributed by atoms with Gasteiger partial charge in [0.2, 0.25) is 0 Å². The molecule has 0 bridgehead atoms. The molecule has 1 aromatic rings. The van der Waals surface area contributed by atoms with Gasteiger partial charge in [-0.1, -0.05) is 0 Å². The van der Waals surface area contributed by atoms with E-state index in [1.807, 2.05) is 6.92 Å². The summed E-state index contributed by atoms with van der Waals surface area (Å²) in [6.07, 6.45) is 0.883. The van der Waals surface area contributed by atoms with Crippen molar-refractivity contribution in [1.82, 2.24) is 0 Å². The molecule has 4 nitrogen and oxygen atoms in total. The van der Waals surface area contributed by atoms with Gasteiger partial charge in [-0.25, -0.2) is 0 Å². The minimum Gasteiger partial charge on any atom is -0.490 e. The summed E-state index contributed by atoms with van der Waals surface area (Å²) in [7, 11) is 0. The molecule has 0 heterocycles. The van der Waals surface area contributed by atoms with E-state index >= 15 is 0 Å². The van der Waals surface area contributed by atoms with Gasteiger partial charge in [-0.05, 0) is 41.9 Å². The van der Waals surface area contributed by atoms with E-state index in [-0.39, 0.29) is 0 Å². The number of carbonyl (C=O) groups is 1. The van der Waals surface area contributed by atoms with Crippen molar-refractivity contribution in [2.45, 2.75) is 26.4 Å². The number of ether oxygens (including phenoxy) is 2. The maximum absolute atomic E-state index is 10.8. The maximum atomic E-state index is 10.8. The number of aliphatic hydroxyl groups is 1. The molecular formula is C13H17BrO4. The van der Waals surface area contributed by atoms with Gasteiger partial charge in [-0.15, -0.1) is 0 Å². The highest BCUT2D eigenvalue weighted by atomic mass is 79.9. The van der Waals surface area contributed by atoms with Gasteiger partial charge in [-0.2, -0.15) is 0 Å². The first-order valence-corrected chi connectivity index (χ1v) is 6.60. The Hall–Kier alpha value is -1.07. The predicted molar refractivity (Wildman–Crippen MR) is 72.5 cm³/mol. The third kappa shape index (κ3) is 4.31. The van der Waals surface area contributed by atoms with Gasteiger partial charge >= 0.3 is 0 Å². The van der Waals surface area contributed by atoms with Crippen LogP contribution in [0.15, 0.2) is 16.6 Å². The number of rotatable bonds is 7. The lowest BCUT2D eigenvalue weighted by molar-refractivity contribution is 0.112. The summed E-state index contributed by atoms with van der Waals surface area (Å²) in [5.74, 6) is 1.09. The minimum atomic E-state index is -0.409. The topological polar surface area (TPSA) is 55.8 Å². The first-order chi connectivity index (χ1) is 8.58. The second kappa shape index (κ2) is 7.38. The number of benzene rings is 1. The van der Waals surface area contributed by atoms with Gasteiger partial charge in [0, 0.05) is 12.0 Å². The highest BCUT2D eigenvalue weighted by Gasteiger charge is 2.12. The minimum absolute atomic E-state index is 0.386. The van der Waals surface area contributed by atoms with Crippen LogP contribution in [0.1, 0.15) is 30.6 Å². The van der Waals surface area contributed by atoms with Crippen molar-refractivity contribution in [3.8, 4) is 11.5 Å². The summed E-state index contributed by atoms with van der Waals surface area (Å²) in [6.45, 7) is 4.44. The molecule has 0 spiro atoms. The molecule has 0 fully saturated rings. The van der Waals surface area contributed by atoms with Crippen molar-refractivity contribution < 1.29 is 19.4 Å². The van der Waals surface area contributed by atoms with E-state index in [9.17, 15) is 9.90 Å². The fourth-order valence-electron chi connectivity index (χ4n) is 1.39. The summed E-state index contributed by atoms with van der Waals surface area (Å²) >= 11 is 3.35. The van der Waals surface area contributed by atoms with E-state index in [0.717, 1.165) is 6.29 Å². The van der Waals surface area contributed by atoms with E-state index in [1.54, 1.807) is 19.1 Å². The van der Waals surface area contributed by atoms with Crippen molar-refractivity contribution >= 4 is 22.2 Å². The fourth-order valence-corrected chi connectivity index (χ4v) is 1.96. The van der Waals surface area contributed by atoms with Crippen LogP contribution in [0, 0.1) is 0 Å².